The number of likely N-dealkylation sites (N-methyl/N-ethyl adjacent to an activating group) is 1. The topological polar surface area (TPSA) is 95.5 Å². The van der Waals surface area contributed by atoms with Crippen molar-refractivity contribution in [3.05, 3.63) is 72.9 Å². The minimum Gasteiger partial charge on any atom is -0.307 e. The summed E-state index contributed by atoms with van der Waals surface area (Å²) in [5.74, 6) is -0.228. The molecule has 3 aromatic rings. The van der Waals surface area contributed by atoms with E-state index in [4.69, 9.17) is 11.6 Å². The van der Waals surface area contributed by atoms with Gasteiger partial charge in [0, 0.05) is 30.7 Å². The van der Waals surface area contributed by atoms with E-state index in [0.29, 0.717) is 17.7 Å². The number of H-pyrrole nitrogens is 1. The lowest BCUT2D eigenvalue weighted by Crippen LogP contribution is -2.36. The van der Waals surface area contributed by atoms with Crippen LogP contribution in [0.5, 0.6) is 0 Å². The van der Waals surface area contributed by atoms with E-state index in [2.05, 4.69) is 4.98 Å². The highest BCUT2D eigenvalue weighted by atomic mass is 35.5. The summed E-state index contributed by atoms with van der Waals surface area (Å²) in [7, 11) is 0.114. The van der Waals surface area contributed by atoms with Gasteiger partial charge in [-0.2, -0.15) is 13.2 Å². The van der Waals surface area contributed by atoms with Crippen molar-refractivity contribution < 1.29 is 21.6 Å². The predicted molar refractivity (Wildman–Crippen MR) is 139 cm³/mol. The fourth-order valence-electron chi connectivity index (χ4n) is 4.80. The quantitative estimate of drug-likeness (QED) is 0.467. The van der Waals surface area contributed by atoms with Gasteiger partial charge in [-0.1, -0.05) is 18.5 Å². The van der Waals surface area contributed by atoms with E-state index in [1.54, 1.807) is 0 Å². The van der Waals surface area contributed by atoms with E-state index in [0.717, 1.165) is 12.5 Å². The number of hydrogen-bond acceptors (Lipinski definition) is 6. The molecule has 1 N–H and O–H groups in total. The Labute approximate surface area is 222 Å². The van der Waals surface area contributed by atoms with Crippen molar-refractivity contribution in [2.24, 2.45) is 0 Å². The summed E-state index contributed by atoms with van der Waals surface area (Å²) >= 11 is 6.04. The Morgan fingerprint density at radius 3 is 2.42 bits per heavy atom. The van der Waals surface area contributed by atoms with Crippen LogP contribution in [0.1, 0.15) is 30.0 Å². The standard InChI is InChI=1S/C25H28ClF3N4O4S/c1-4-38(36,37)22-6-5-17(26)9-16(22)13-33-23(34)19-11-20(25(27,28)29)15(10-21(19)30-24(33)35)12-32-8-7-18(14-32)31(2)3/h5-6,9-11,18H,4,7-8,12-14H2,1-3H3,(H,30,35)/t18-/m0/s1. The second-order valence-electron chi connectivity index (χ2n) is 9.67. The van der Waals surface area contributed by atoms with Crippen molar-refractivity contribution in [2.45, 2.75) is 43.5 Å². The molecule has 2 heterocycles. The lowest BCUT2D eigenvalue weighted by molar-refractivity contribution is -0.138. The van der Waals surface area contributed by atoms with Crippen molar-refractivity contribution >= 4 is 32.3 Å². The maximum Gasteiger partial charge on any atom is 0.416 e. The number of rotatable bonds is 7. The fourth-order valence-corrected chi connectivity index (χ4v) is 6.11. The lowest BCUT2D eigenvalue weighted by atomic mass is 10.0. The second kappa shape index (κ2) is 10.5. The summed E-state index contributed by atoms with van der Waals surface area (Å²) in [6, 6.07) is 6.18. The Kier molecular flexibility index (Phi) is 7.81. The van der Waals surface area contributed by atoms with Crippen LogP contribution in [-0.4, -0.2) is 66.7 Å². The molecule has 2 aromatic carbocycles. The van der Waals surface area contributed by atoms with E-state index in [1.807, 2.05) is 23.9 Å². The number of fused-ring (bicyclic) bond motifs is 1. The van der Waals surface area contributed by atoms with Crippen LogP contribution in [0.3, 0.4) is 0 Å². The second-order valence-corrected chi connectivity index (χ2v) is 12.4. The molecular formula is C25H28ClF3N4O4S. The first-order valence-corrected chi connectivity index (χ1v) is 14.0. The van der Waals surface area contributed by atoms with Crippen LogP contribution in [0.2, 0.25) is 5.02 Å². The summed E-state index contributed by atoms with van der Waals surface area (Å²) < 4.78 is 68.1. The monoisotopic (exact) mass is 572 g/mol. The Bertz CT molecular complexity index is 1600. The average Bonchev–Trinajstić information content (AvgIpc) is 3.29. The molecule has 1 fully saturated rings. The number of halogens is 4. The average molecular weight is 573 g/mol. The molecule has 0 radical (unpaired) electrons. The van der Waals surface area contributed by atoms with E-state index in [9.17, 15) is 31.2 Å². The molecule has 1 saturated heterocycles. The molecule has 0 aliphatic carbocycles. The van der Waals surface area contributed by atoms with Gasteiger partial charge < -0.3 is 9.88 Å². The van der Waals surface area contributed by atoms with Crippen molar-refractivity contribution in [3.8, 4) is 0 Å². The van der Waals surface area contributed by atoms with Crippen LogP contribution in [0.15, 0.2) is 44.8 Å². The summed E-state index contributed by atoms with van der Waals surface area (Å²) in [6.45, 7) is 2.20. The number of aromatic nitrogens is 2. The number of alkyl halides is 3. The fraction of sp³-hybridized carbons (Fsp3) is 0.440. The van der Waals surface area contributed by atoms with Gasteiger partial charge in [0.2, 0.25) is 0 Å². The molecule has 206 valence electrons. The molecule has 0 saturated carbocycles. The zero-order valence-corrected chi connectivity index (χ0v) is 22.7. The van der Waals surface area contributed by atoms with Crippen LogP contribution < -0.4 is 11.2 Å². The number of nitrogens with zero attached hydrogens (tertiary/aromatic N) is 3. The predicted octanol–water partition coefficient (Wildman–Crippen LogP) is 3.34. The smallest absolute Gasteiger partial charge is 0.307 e. The van der Waals surface area contributed by atoms with Crippen LogP contribution in [0.4, 0.5) is 13.2 Å². The first-order valence-electron chi connectivity index (χ1n) is 12.0. The van der Waals surface area contributed by atoms with Gasteiger partial charge in [0.05, 0.1) is 33.7 Å². The third-order valence-corrected chi connectivity index (χ3v) is 9.01. The van der Waals surface area contributed by atoms with E-state index in [1.165, 1.54) is 31.2 Å². The summed E-state index contributed by atoms with van der Waals surface area (Å²) in [5, 5.41) is -0.141. The number of sulfone groups is 1. The number of aromatic amines is 1. The first-order chi connectivity index (χ1) is 17.7. The largest absolute Gasteiger partial charge is 0.416 e. The maximum absolute atomic E-state index is 14.1. The first kappa shape index (κ1) is 28.3. The molecule has 0 spiro atoms. The molecule has 1 aliphatic rings. The molecule has 8 nitrogen and oxygen atoms in total. The third kappa shape index (κ3) is 5.68. The highest BCUT2D eigenvalue weighted by Crippen LogP contribution is 2.35. The Morgan fingerprint density at radius 1 is 1.11 bits per heavy atom. The van der Waals surface area contributed by atoms with Crippen LogP contribution in [-0.2, 0) is 29.1 Å². The van der Waals surface area contributed by atoms with Gasteiger partial charge >= 0.3 is 11.9 Å². The Morgan fingerprint density at radius 2 is 1.82 bits per heavy atom. The Hall–Kier alpha value is -2.67. The molecule has 1 aliphatic heterocycles. The van der Waals surface area contributed by atoms with Gasteiger partial charge in [0.25, 0.3) is 5.56 Å². The molecule has 0 bridgehead atoms. The molecule has 1 aromatic heterocycles. The van der Waals surface area contributed by atoms with Gasteiger partial charge in [-0.3, -0.25) is 14.3 Å². The molecular weight excluding hydrogens is 545 g/mol. The molecule has 4 rings (SSSR count). The molecule has 1 atom stereocenters. The van der Waals surface area contributed by atoms with Crippen molar-refractivity contribution in [3.63, 3.8) is 0 Å². The van der Waals surface area contributed by atoms with Gasteiger partial charge in [0.1, 0.15) is 0 Å². The zero-order valence-electron chi connectivity index (χ0n) is 21.1. The van der Waals surface area contributed by atoms with Gasteiger partial charge in [-0.25, -0.2) is 13.2 Å². The number of benzene rings is 2. The minimum absolute atomic E-state index is 0.0149. The summed E-state index contributed by atoms with van der Waals surface area (Å²) in [6.07, 6.45) is -3.91. The number of likely N-dealkylation sites (tertiary alicyclic amines) is 1. The minimum atomic E-state index is -4.73. The molecule has 0 unspecified atom stereocenters. The molecule has 0 amide bonds. The summed E-state index contributed by atoms with van der Waals surface area (Å²) in [4.78, 5) is 32.6. The number of nitrogens with one attached hydrogen (secondary N) is 1. The zero-order chi connectivity index (χ0) is 28.0. The summed E-state index contributed by atoms with van der Waals surface area (Å²) in [5.41, 5.74) is -2.76. The number of hydrogen-bond donors (Lipinski definition) is 1. The van der Waals surface area contributed by atoms with E-state index >= 15 is 0 Å². The highest BCUT2D eigenvalue weighted by Gasteiger charge is 2.35. The van der Waals surface area contributed by atoms with Crippen molar-refractivity contribution in [2.75, 3.05) is 32.9 Å². The van der Waals surface area contributed by atoms with Crippen LogP contribution >= 0.6 is 11.6 Å². The molecule has 13 heteroatoms. The Balaban J connectivity index is 1.81. The maximum atomic E-state index is 14.1. The van der Waals surface area contributed by atoms with Gasteiger partial charge in [0.15, 0.2) is 9.84 Å². The normalized spacial score (nSPS) is 17.1. The van der Waals surface area contributed by atoms with Crippen LogP contribution in [0.25, 0.3) is 10.9 Å². The van der Waals surface area contributed by atoms with Crippen molar-refractivity contribution in [1.29, 1.82) is 0 Å². The lowest BCUT2D eigenvalue weighted by Gasteiger charge is -2.22. The van der Waals surface area contributed by atoms with E-state index < -0.39 is 39.4 Å². The third-order valence-electron chi connectivity index (χ3n) is 6.95. The molecule has 38 heavy (non-hydrogen) atoms. The van der Waals surface area contributed by atoms with Gasteiger partial charge in [-0.05, 0) is 62.0 Å². The van der Waals surface area contributed by atoms with E-state index in [-0.39, 0.29) is 50.3 Å². The highest BCUT2D eigenvalue weighted by molar-refractivity contribution is 7.91. The van der Waals surface area contributed by atoms with Crippen LogP contribution in [0, 0.1) is 0 Å². The van der Waals surface area contributed by atoms with Crippen molar-refractivity contribution in [1.82, 2.24) is 19.4 Å². The van der Waals surface area contributed by atoms with Gasteiger partial charge in [-0.15, -0.1) is 0 Å². The SMILES string of the molecule is CCS(=O)(=O)c1ccc(Cl)cc1Cn1c(=O)[nH]c2cc(CN3CC[C@H](N(C)C)C3)c(C(F)(F)F)cc2c1=O.